The highest BCUT2D eigenvalue weighted by atomic mass is 79.9. The molecule has 0 bridgehead atoms. The van der Waals surface area contributed by atoms with Gasteiger partial charge in [0.1, 0.15) is 11.2 Å². The number of morpholine rings is 1. The lowest BCUT2D eigenvalue weighted by atomic mass is 9.85. The van der Waals surface area contributed by atoms with Gasteiger partial charge in [0.25, 0.3) is 0 Å². The van der Waals surface area contributed by atoms with Gasteiger partial charge in [-0.1, -0.05) is 34.1 Å². The number of hydrogen-bond donors (Lipinski definition) is 3. The second-order valence-electron chi connectivity index (χ2n) is 7.91. The van der Waals surface area contributed by atoms with Crippen LogP contribution in [0.3, 0.4) is 0 Å². The molecule has 0 saturated carbocycles. The summed E-state index contributed by atoms with van der Waals surface area (Å²) in [6.45, 7) is 1.92. The molecule has 35 heavy (non-hydrogen) atoms. The largest absolute Gasteiger partial charge is 0.416 e. The third-order valence-electron chi connectivity index (χ3n) is 5.61. The number of rotatable bonds is 4. The third-order valence-corrected chi connectivity index (χ3v) is 6.78. The van der Waals surface area contributed by atoms with E-state index < -0.39 is 34.6 Å². The summed E-state index contributed by atoms with van der Waals surface area (Å²) in [5, 5.41) is 1.76. The lowest BCUT2D eigenvalue weighted by Gasteiger charge is -2.33. The SMILES string of the molecule is O=C1C(=CNNC2=NCC(F)=C(N3CCOCC3)N2)C=C(Br)C(c2cccc(C(F)(F)F)c2)C1Cl. The van der Waals surface area contributed by atoms with Crippen molar-refractivity contribution in [2.75, 3.05) is 32.8 Å². The first-order valence-corrected chi connectivity index (χ1v) is 11.8. The number of nitrogens with one attached hydrogen (secondary N) is 3. The van der Waals surface area contributed by atoms with E-state index in [2.05, 4.69) is 37.1 Å². The Morgan fingerprint density at radius 1 is 1.29 bits per heavy atom. The van der Waals surface area contributed by atoms with Crippen LogP contribution in [-0.4, -0.2) is 54.9 Å². The van der Waals surface area contributed by atoms with Crippen LogP contribution in [0.4, 0.5) is 17.6 Å². The molecule has 2 atom stereocenters. The highest BCUT2D eigenvalue weighted by Gasteiger charge is 2.37. The first-order valence-electron chi connectivity index (χ1n) is 10.6. The van der Waals surface area contributed by atoms with Crippen molar-refractivity contribution in [1.29, 1.82) is 0 Å². The van der Waals surface area contributed by atoms with Crippen molar-refractivity contribution in [3.05, 3.63) is 69.4 Å². The van der Waals surface area contributed by atoms with Crippen molar-refractivity contribution in [3.63, 3.8) is 0 Å². The van der Waals surface area contributed by atoms with E-state index in [0.717, 1.165) is 12.1 Å². The van der Waals surface area contributed by atoms with Crippen LogP contribution in [0.15, 0.2) is 63.2 Å². The van der Waals surface area contributed by atoms with Crippen LogP contribution < -0.4 is 16.2 Å². The number of benzene rings is 1. The average molecular weight is 579 g/mol. The molecule has 1 fully saturated rings. The quantitative estimate of drug-likeness (QED) is 0.219. The molecular formula is C22H21BrClF4N5O2. The minimum atomic E-state index is -4.51. The van der Waals surface area contributed by atoms with E-state index in [-0.39, 0.29) is 23.6 Å². The molecule has 1 aliphatic carbocycles. The molecule has 0 amide bonds. The summed E-state index contributed by atoms with van der Waals surface area (Å²) >= 11 is 9.74. The van der Waals surface area contributed by atoms with Gasteiger partial charge in [0.2, 0.25) is 5.96 Å². The molecule has 0 aromatic heterocycles. The molecule has 4 rings (SSSR count). The summed E-state index contributed by atoms with van der Waals surface area (Å²) in [4.78, 5) is 18.7. The number of ketones is 1. The Labute approximate surface area is 212 Å². The lowest BCUT2D eigenvalue weighted by molar-refractivity contribution is -0.137. The second-order valence-corrected chi connectivity index (χ2v) is 9.29. The first kappa shape index (κ1) is 25.5. The minimum absolute atomic E-state index is 0.146. The fraction of sp³-hybridized carbons (Fsp3) is 0.364. The van der Waals surface area contributed by atoms with Crippen LogP contribution in [0.2, 0.25) is 0 Å². The van der Waals surface area contributed by atoms with Gasteiger partial charge in [0, 0.05) is 35.3 Å². The predicted octanol–water partition coefficient (Wildman–Crippen LogP) is 3.67. The van der Waals surface area contributed by atoms with E-state index in [1.807, 2.05) is 4.90 Å². The Kier molecular flexibility index (Phi) is 7.72. The molecule has 0 spiro atoms. The zero-order chi connectivity index (χ0) is 25.2. The summed E-state index contributed by atoms with van der Waals surface area (Å²) in [5.74, 6) is -1.08. The van der Waals surface area contributed by atoms with Gasteiger partial charge >= 0.3 is 6.18 Å². The number of guanidine groups is 1. The number of ether oxygens (including phenoxy) is 1. The Morgan fingerprint density at radius 3 is 2.74 bits per heavy atom. The van der Waals surface area contributed by atoms with E-state index in [4.69, 9.17) is 16.3 Å². The summed E-state index contributed by atoms with van der Waals surface area (Å²) in [7, 11) is 0. The monoisotopic (exact) mass is 577 g/mol. The van der Waals surface area contributed by atoms with Crippen molar-refractivity contribution >= 4 is 39.3 Å². The van der Waals surface area contributed by atoms with E-state index in [0.29, 0.717) is 36.6 Å². The molecule has 2 unspecified atom stereocenters. The third kappa shape index (κ3) is 5.81. The van der Waals surface area contributed by atoms with Gasteiger partial charge in [-0.15, -0.1) is 11.6 Å². The number of hydrazine groups is 1. The Bertz CT molecular complexity index is 1120. The van der Waals surface area contributed by atoms with Gasteiger partial charge < -0.3 is 20.4 Å². The van der Waals surface area contributed by atoms with Crippen LogP contribution in [0.1, 0.15) is 17.0 Å². The second kappa shape index (κ2) is 10.6. The Morgan fingerprint density at radius 2 is 2.03 bits per heavy atom. The number of nitrogens with zero attached hydrogens (tertiary/aromatic N) is 2. The van der Waals surface area contributed by atoms with Gasteiger partial charge in [0.15, 0.2) is 11.6 Å². The highest BCUT2D eigenvalue weighted by Crippen LogP contribution is 2.42. The summed E-state index contributed by atoms with van der Waals surface area (Å²) < 4.78 is 59.3. The number of carbonyl (C=O) groups is 1. The van der Waals surface area contributed by atoms with Crippen LogP contribution >= 0.6 is 27.5 Å². The van der Waals surface area contributed by atoms with Gasteiger partial charge in [0.05, 0.1) is 25.3 Å². The summed E-state index contributed by atoms with van der Waals surface area (Å²) in [6, 6.07) is 4.73. The van der Waals surface area contributed by atoms with Crippen molar-refractivity contribution in [1.82, 2.24) is 21.1 Å². The number of Topliss-reactive ketones (excluding diaryl/α,β-unsaturated/α-hetero) is 1. The van der Waals surface area contributed by atoms with Crippen LogP contribution in [0.5, 0.6) is 0 Å². The van der Waals surface area contributed by atoms with Crippen LogP contribution in [-0.2, 0) is 15.7 Å². The molecule has 1 aromatic rings. The van der Waals surface area contributed by atoms with E-state index >= 15 is 0 Å². The molecule has 1 aromatic carbocycles. The maximum Gasteiger partial charge on any atom is 0.416 e. The maximum atomic E-state index is 14.3. The first-order chi connectivity index (χ1) is 16.6. The standard InChI is InChI=1S/C22H21BrClF4N5O2/c23-15-9-13(19(34)18(24)17(15)12-2-1-3-14(8-12)22(26,27)28)10-30-32-21-29-11-16(25)20(31-21)33-4-6-35-7-5-33/h1-3,8-10,17-18,30H,4-7,11H2,(H2,29,31,32). The molecule has 7 nitrogen and oxygen atoms in total. The van der Waals surface area contributed by atoms with Gasteiger partial charge in [-0.05, 0) is 17.7 Å². The number of hydrogen-bond acceptors (Lipinski definition) is 7. The predicted molar refractivity (Wildman–Crippen MR) is 126 cm³/mol. The Balaban J connectivity index is 1.43. The van der Waals surface area contributed by atoms with Crippen molar-refractivity contribution in [2.24, 2.45) is 4.99 Å². The summed E-state index contributed by atoms with van der Waals surface area (Å²) in [6.07, 6.45) is -1.66. The van der Waals surface area contributed by atoms with Gasteiger partial charge in [-0.3, -0.25) is 10.2 Å². The van der Waals surface area contributed by atoms with Crippen LogP contribution in [0, 0.1) is 0 Å². The minimum Gasteiger partial charge on any atom is -0.378 e. The highest BCUT2D eigenvalue weighted by molar-refractivity contribution is 9.11. The number of halogens is 6. The van der Waals surface area contributed by atoms with Crippen molar-refractivity contribution < 1.29 is 27.1 Å². The number of alkyl halides is 4. The fourth-order valence-electron chi connectivity index (χ4n) is 3.84. The molecule has 3 N–H and O–H groups in total. The molecule has 1 saturated heterocycles. The smallest absolute Gasteiger partial charge is 0.378 e. The summed E-state index contributed by atoms with van der Waals surface area (Å²) in [5.41, 5.74) is 5.14. The molecule has 2 aliphatic heterocycles. The Hall–Kier alpha value is -2.57. The zero-order valence-electron chi connectivity index (χ0n) is 18.1. The molecular weight excluding hydrogens is 558 g/mol. The molecule has 188 valence electrons. The van der Waals surface area contributed by atoms with E-state index in [1.54, 1.807) is 0 Å². The van der Waals surface area contributed by atoms with E-state index in [1.165, 1.54) is 24.4 Å². The average Bonchev–Trinajstić information content (AvgIpc) is 2.83. The molecule has 3 aliphatic rings. The topological polar surface area (TPSA) is 78.0 Å². The van der Waals surface area contributed by atoms with E-state index in [9.17, 15) is 22.4 Å². The number of carbonyl (C=O) groups excluding carboxylic acids is 1. The van der Waals surface area contributed by atoms with Crippen molar-refractivity contribution in [2.45, 2.75) is 17.5 Å². The normalized spacial score (nSPS) is 24.7. The van der Waals surface area contributed by atoms with Crippen LogP contribution in [0.25, 0.3) is 0 Å². The molecule has 2 heterocycles. The lowest BCUT2D eigenvalue weighted by Crippen LogP contribution is -2.50. The number of aliphatic imine (C=N–C) groups is 1. The number of allylic oxidation sites excluding steroid dienone is 3. The maximum absolute atomic E-state index is 14.3. The zero-order valence-corrected chi connectivity index (χ0v) is 20.5. The molecule has 13 heteroatoms. The fourth-order valence-corrected chi connectivity index (χ4v) is 5.18. The van der Waals surface area contributed by atoms with Gasteiger partial charge in [-0.2, -0.15) is 13.2 Å². The van der Waals surface area contributed by atoms with Crippen molar-refractivity contribution in [3.8, 4) is 0 Å². The van der Waals surface area contributed by atoms with Gasteiger partial charge in [-0.25, -0.2) is 9.38 Å². The molecule has 0 radical (unpaired) electrons.